The fraction of sp³-hybridized carbons (Fsp3) is 0.0909. The van der Waals surface area contributed by atoms with Crippen molar-refractivity contribution in [3.8, 4) is 11.1 Å². The highest BCUT2D eigenvalue weighted by Crippen LogP contribution is 2.22. The van der Waals surface area contributed by atoms with E-state index in [-0.39, 0.29) is 5.82 Å². The molecule has 14 heavy (non-hydrogen) atoms. The number of rotatable bonds is 1. The minimum Gasteiger partial charge on any atom is -0.265 e. The third kappa shape index (κ3) is 1.48. The highest BCUT2D eigenvalue weighted by molar-refractivity contribution is 5.65. The number of pyridine rings is 2. The first-order valence-electron chi connectivity index (χ1n) is 4.29. The second-order valence-corrected chi connectivity index (χ2v) is 3.03. The fourth-order valence-electron chi connectivity index (χ4n) is 1.32. The Kier molecular flexibility index (Phi) is 2.23. The molecule has 0 unspecified atom stereocenters. The molecule has 0 aromatic carbocycles. The molecule has 0 aliphatic carbocycles. The molecule has 0 atom stereocenters. The van der Waals surface area contributed by atoms with E-state index >= 15 is 0 Å². The minimum absolute atomic E-state index is 0.278. The first kappa shape index (κ1) is 8.81. The van der Waals surface area contributed by atoms with E-state index in [1.807, 2.05) is 12.1 Å². The molecule has 2 nitrogen and oxygen atoms in total. The zero-order valence-corrected chi connectivity index (χ0v) is 7.74. The lowest BCUT2D eigenvalue weighted by Gasteiger charge is -2.04. The molecule has 0 radical (unpaired) electrons. The third-order valence-electron chi connectivity index (χ3n) is 2.15. The lowest BCUT2D eigenvalue weighted by Crippen LogP contribution is -1.90. The fourth-order valence-corrected chi connectivity index (χ4v) is 1.32. The minimum atomic E-state index is -0.278. The highest BCUT2D eigenvalue weighted by atomic mass is 19.1. The lowest BCUT2D eigenvalue weighted by atomic mass is 10.0. The SMILES string of the molecule is Cc1c(F)cncc1-c1ccncc1. The molecule has 0 saturated heterocycles. The van der Waals surface area contributed by atoms with Crippen LogP contribution >= 0.6 is 0 Å². The molecular formula is C11H9FN2. The van der Waals surface area contributed by atoms with Crippen molar-refractivity contribution in [2.24, 2.45) is 0 Å². The van der Waals surface area contributed by atoms with Crippen molar-refractivity contribution in [2.75, 3.05) is 0 Å². The molecule has 2 heterocycles. The summed E-state index contributed by atoms with van der Waals surface area (Å²) in [6.45, 7) is 1.74. The summed E-state index contributed by atoms with van der Waals surface area (Å²) in [6, 6.07) is 3.67. The number of hydrogen-bond donors (Lipinski definition) is 0. The number of aromatic nitrogens is 2. The van der Waals surface area contributed by atoms with Crippen LogP contribution in [0, 0.1) is 12.7 Å². The number of hydrogen-bond acceptors (Lipinski definition) is 2. The molecule has 0 bridgehead atoms. The summed E-state index contributed by atoms with van der Waals surface area (Å²) in [5, 5.41) is 0. The second kappa shape index (κ2) is 3.54. The van der Waals surface area contributed by atoms with Crippen LogP contribution in [-0.4, -0.2) is 9.97 Å². The number of halogens is 1. The van der Waals surface area contributed by atoms with E-state index in [0.29, 0.717) is 5.56 Å². The van der Waals surface area contributed by atoms with Crippen molar-refractivity contribution in [3.05, 3.63) is 48.3 Å². The van der Waals surface area contributed by atoms with Crippen LogP contribution in [0.4, 0.5) is 4.39 Å². The highest BCUT2D eigenvalue weighted by Gasteiger charge is 2.05. The smallest absolute Gasteiger partial charge is 0.145 e. The molecule has 2 aromatic heterocycles. The Morgan fingerprint density at radius 2 is 1.79 bits per heavy atom. The first-order chi connectivity index (χ1) is 6.79. The van der Waals surface area contributed by atoms with E-state index < -0.39 is 0 Å². The van der Waals surface area contributed by atoms with Gasteiger partial charge in [0, 0.05) is 24.2 Å². The van der Waals surface area contributed by atoms with Gasteiger partial charge in [-0.3, -0.25) is 9.97 Å². The van der Waals surface area contributed by atoms with E-state index in [1.54, 1.807) is 25.5 Å². The Morgan fingerprint density at radius 3 is 2.50 bits per heavy atom. The summed E-state index contributed by atoms with van der Waals surface area (Å²) in [4.78, 5) is 7.73. The van der Waals surface area contributed by atoms with E-state index in [9.17, 15) is 4.39 Å². The summed E-state index contributed by atoms with van der Waals surface area (Å²) < 4.78 is 13.2. The predicted molar refractivity (Wildman–Crippen MR) is 52.2 cm³/mol. The lowest BCUT2D eigenvalue weighted by molar-refractivity contribution is 0.613. The molecule has 0 spiro atoms. The average Bonchev–Trinajstić information content (AvgIpc) is 2.23. The monoisotopic (exact) mass is 188 g/mol. The van der Waals surface area contributed by atoms with E-state index in [4.69, 9.17) is 0 Å². The van der Waals surface area contributed by atoms with Gasteiger partial charge in [-0.1, -0.05) is 0 Å². The van der Waals surface area contributed by atoms with Crippen molar-refractivity contribution in [1.29, 1.82) is 0 Å². The topological polar surface area (TPSA) is 25.8 Å². The summed E-state index contributed by atoms with van der Waals surface area (Å²) in [5.41, 5.74) is 2.36. The third-order valence-corrected chi connectivity index (χ3v) is 2.15. The van der Waals surface area contributed by atoms with E-state index in [0.717, 1.165) is 11.1 Å². The summed E-state index contributed by atoms with van der Waals surface area (Å²) >= 11 is 0. The van der Waals surface area contributed by atoms with Gasteiger partial charge in [-0.25, -0.2) is 4.39 Å². The van der Waals surface area contributed by atoms with Gasteiger partial charge in [0.2, 0.25) is 0 Å². The maximum Gasteiger partial charge on any atom is 0.145 e. The Hall–Kier alpha value is -1.77. The summed E-state index contributed by atoms with van der Waals surface area (Å²) in [6.07, 6.45) is 6.24. The molecule has 0 aliphatic rings. The molecular weight excluding hydrogens is 179 g/mol. The van der Waals surface area contributed by atoms with Crippen molar-refractivity contribution in [2.45, 2.75) is 6.92 Å². The van der Waals surface area contributed by atoms with Crippen LogP contribution in [0.3, 0.4) is 0 Å². The van der Waals surface area contributed by atoms with E-state index in [1.165, 1.54) is 6.20 Å². The molecule has 70 valence electrons. The van der Waals surface area contributed by atoms with Gasteiger partial charge < -0.3 is 0 Å². The van der Waals surface area contributed by atoms with Gasteiger partial charge in [0.05, 0.1) is 6.20 Å². The molecule has 0 saturated carbocycles. The van der Waals surface area contributed by atoms with Gasteiger partial charge in [-0.05, 0) is 30.2 Å². The number of nitrogens with zero attached hydrogens (tertiary/aromatic N) is 2. The van der Waals surface area contributed by atoms with Gasteiger partial charge in [0.15, 0.2) is 0 Å². The Bertz CT molecular complexity index is 440. The quantitative estimate of drug-likeness (QED) is 0.687. The first-order valence-corrected chi connectivity index (χ1v) is 4.29. The standard InChI is InChI=1S/C11H9FN2/c1-8-10(6-14-7-11(8)12)9-2-4-13-5-3-9/h2-7H,1H3. The van der Waals surface area contributed by atoms with E-state index in [2.05, 4.69) is 9.97 Å². The van der Waals surface area contributed by atoms with Crippen LogP contribution in [0.5, 0.6) is 0 Å². The van der Waals surface area contributed by atoms with Crippen LogP contribution < -0.4 is 0 Å². The molecule has 0 N–H and O–H groups in total. The normalized spacial score (nSPS) is 10.1. The van der Waals surface area contributed by atoms with Crippen molar-refractivity contribution in [1.82, 2.24) is 9.97 Å². The second-order valence-electron chi connectivity index (χ2n) is 3.03. The molecule has 0 aliphatic heterocycles. The van der Waals surface area contributed by atoms with Gasteiger partial charge in [-0.2, -0.15) is 0 Å². The van der Waals surface area contributed by atoms with Crippen molar-refractivity contribution in [3.63, 3.8) is 0 Å². The summed E-state index contributed by atoms with van der Waals surface area (Å²) in [5.74, 6) is -0.278. The molecule has 0 fully saturated rings. The average molecular weight is 188 g/mol. The van der Waals surface area contributed by atoms with Crippen LogP contribution in [0.1, 0.15) is 5.56 Å². The van der Waals surface area contributed by atoms with Gasteiger partial charge >= 0.3 is 0 Å². The van der Waals surface area contributed by atoms with Crippen LogP contribution in [0.25, 0.3) is 11.1 Å². The molecule has 3 heteroatoms. The van der Waals surface area contributed by atoms with Crippen LogP contribution in [-0.2, 0) is 0 Å². The molecule has 2 rings (SSSR count). The predicted octanol–water partition coefficient (Wildman–Crippen LogP) is 2.59. The zero-order chi connectivity index (χ0) is 9.97. The zero-order valence-electron chi connectivity index (χ0n) is 7.74. The Morgan fingerprint density at radius 1 is 1.07 bits per heavy atom. The summed E-state index contributed by atoms with van der Waals surface area (Å²) in [7, 11) is 0. The largest absolute Gasteiger partial charge is 0.265 e. The van der Waals surface area contributed by atoms with Gasteiger partial charge in [-0.15, -0.1) is 0 Å². The van der Waals surface area contributed by atoms with Gasteiger partial charge in [0.1, 0.15) is 5.82 Å². The van der Waals surface area contributed by atoms with Crippen molar-refractivity contribution < 1.29 is 4.39 Å². The Labute approximate surface area is 81.5 Å². The van der Waals surface area contributed by atoms with Crippen molar-refractivity contribution >= 4 is 0 Å². The maximum atomic E-state index is 13.2. The maximum absolute atomic E-state index is 13.2. The van der Waals surface area contributed by atoms with Crippen LogP contribution in [0.15, 0.2) is 36.9 Å². The van der Waals surface area contributed by atoms with Gasteiger partial charge in [0.25, 0.3) is 0 Å². The van der Waals surface area contributed by atoms with Crippen LogP contribution in [0.2, 0.25) is 0 Å². The molecule has 0 amide bonds. The molecule has 2 aromatic rings. The Balaban J connectivity index is 2.58.